The smallest absolute Gasteiger partial charge is 0.259 e. The standard InChI is InChI=1S/C22H30N4O3/c1-14-19(15(2)29-25-14)21(28)26(13-22(3,4)12-23)11-16-5-9-18(10-6-16)24-20(27)17-7-8-17/h5-6,9-10,17H,7-8,11-13,23H2,1-4H3,(H,24,27). The van der Waals surface area contributed by atoms with Crippen LogP contribution in [0.2, 0.25) is 0 Å². The van der Waals surface area contributed by atoms with E-state index < -0.39 is 0 Å². The van der Waals surface area contributed by atoms with Crippen LogP contribution in [0.15, 0.2) is 28.8 Å². The molecule has 3 rings (SSSR count). The highest BCUT2D eigenvalue weighted by molar-refractivity contribution is 5.96. The molecule has 1 saturated carbocycles. The summed E-state index contributed by atoms with van der Waals surface area (Å²) in [6.45, 7) is 9.00. The van der Waals surface area contributed by atoms with Crippen LogP contribution in [0.3, 0.4) is 0 Å². The van der Waals surface area contributed by atoms with Gasteiger partial charge in [0.2, 0.25) is 5.91 Å². The fourth-order valence-corrected chi connectivity index (χ4v) is 3.23. The molecule has 1 aliphatic rings. The Morgan fingerprint density at radius 1 is 1.24 bits per heavy atom. The van der Waals surface area contributed by atoms with E-state index in [-0.39, 0.29) is 23.1 Å². The zero-order valence-electron chi connectivity index (χ0n) is 17.6. The van der Waals surface area contributed by atoms with Crippen molar-refractivity contribution in [2.45, 2.75) is 47.1 Å². The minimum absolute atomic E-state index is 0.0812. The van der Waals surface area contributed by atoms with Gasteiger partial charge in [-0.1, -0.05) is 31.1 Å². The van der Waals surface area contributed by atoms with Crippen LogP contribution in [0.5, 0.6) is 0 Å². The highest BCUT2D eigenvalue weighted by Gasteiger charge is 2.30. The van der Waals surface area contributed by atoms with Crippen LogP contribution in [0, 0.1) is 25.2 Å². The average Bonchev–Trinajstić information content (AvgIpc) is 3.47. The molecule has 1 fully saturated rings. The van der Waals surface area contributed by atoms with Crippen LogP contribution in [-0.4, -0.2) is 35.0 Å². The Morgan fingerprint density at radius 2 is 1.90 bits per heavy atom. The molecule has 0 unspecified atom stereocenters. The summed E-state index contributed by atoms with van der Waals surface area (Å²) in [5, 5.41) is 6.85. The zero-order chi connectivity index (χ0) is 21.2. The highest BCUT2D eigenvalue weighted by Crippen LogP contribution is 2.30. The van der Waals surface area contributed by atoms with Gasteiger partial charge in [0, 0.05) is 24.7 Å². The number of carbonyl (C=O) groups excluding carboxylic acids is 2. The number of hydrogen-bond acceptors (Lipinski definition) is 5. The molecule has 7 heteroatoms. The molecule has 0 radical (unpaired) electrons. The number of nitrogens with zero attached hydrogens (tertiary/aromatic N) is 2. The Balaban J connectivity index is 1.77. The summed E-state index contributed by atoms with van der Waals surface area (Å²) in [6.07, 6.45) is 1.94. The number of rotatable bonds is 8. The largest absolute Gasteiger partial charge is 0.361 e. The molecule has 29 heavy (non-hydrogen) atoms. The summed E-state index contributed by atoms with van der Waals surface area (Å²) in [6, 6.07) is 7.63. The lowest BCUT2D eigenvalue weighted by atomic mass is 9.92. The number of aryl methyl sites for hydroxylation is 2. The first-order valence-corrected chi connectivity index (χ1v) is 10.0. The second-order valence-corrected chi connectivity index (χ2v) is 8.69. The maximum Gasteiger partial charge on any atom is 0.259 e. The fraction of sp³-hybridized carbons (Fsp3) is 0.500. The van der Waals surface area contributed by atoms with Crippen molar-refractivity contribution in [1.29, 1.82) is 0 Å². The van der Waals surface area contributed by atoms with Crippen molar-refractivity contribution < 1.29 is 14.1 Å². The van der Waals surface area contributed by atoms with Crippen molar-refractivity contribution in [3.63, 3.8) is 0 Å². The quantitative estimate of drug-likeness (QED) is 0.711. The maximum atomic E-state index is 13.3. The van der Waals surface area contributed by atoms with Gasteiger partial charge in [-0.15, -0.1) is 0 Å². The van der Waals surface area contributed by atoms with Gasteiger partial charge in [0.25, 0.3) is 5.91 Å². The van der Waals surface area contributed by atoms with E-state index in [0.29, 0.717) is 36.7 Å². The lowest BCUT2D eigenvalue weighted by Gasteiger charge is -2.32. The topological polar surface area (TPSA) is 101 Å². The molecule has 3 N–H and O–H groups in total. The molecule has 2 aromatic rings. The molecule has 7 nitrogen and oxygen atoms in total. The van der Waals surface area contributed by atoms with Gasteiger partial charge < -0.3 is 20.5 Å². The van der Waals surface area contributed by atoms with Gasteiger partial charge >= 0.3 is 0 Å². The minimum atomic E-state index is -0.229. The fourth-order valence-electron chi connectivity index (χ4n) is 3.23. The van der Waals surface area contributed by atoms with Crippen LogP contribution in [0.1, 0.15) is 54.1 Å². The average molecular weight is 399 g/mol. The van der Waals surface area contributed by atoms with E-state index in [1.807, 2.05) is 38.1 Å². The predicted molar refractivity (Wildman–Crippen MR) is 111 cm³/mol. The van der Waals surface area contributed by atoms with Gasteiger partial charge in [-0.3, -0.25) is 9.59 Å². The van der Waals surface area contributed by atoms with Crippen LogP contribution < -0.4 is 11.1 Å². The molecule has 0 saturated heterocycles. The Bertz CT molecular complexity index is 862. The third-order valence-corrected chi connectivity index (χ3v) is 5.25. The van der Waals surface area contributed by atoms with Gasteiger partial charge in [0.05, 0.1) is 5.69 Å². The number of nitrogens with one attached hydrogen (secondary N) is 1. The van der Waals surface area contributed by atoms with E-state index in [1.54, 1.807) is 18.7 Å². The van der Waals surface area contributed by atoms with Gasteiger partial charge in [0.1, 0.15) is 11.3 Å². The van der Waals surface area contributed by atoms with Crippen LogP contribution in [-0.2, 0) is 11.3 Å². The molecular weight excluding hydrogens is 368 g/mol. The SMILES string of the molecule is Cc1noc(C)c1C(=O)N(Cc1ccc(NC(=O)C2CC2)cc1)CC(C)(C)CN. The van der Waals surface area contributed by atoms with E-state index in [0.717, 1.165) is 24.1 Å². The molecule has 0 spiro atoms. The molecule has 1 aromatic heterocycles. The van der Waals surface area contributed by atoms with Crippen LogP contribution >= 0.6 is 0 Å². The second kappa shape index (κ2) is 8.37. The number of carbonyl (C=O) groups is 2. The molecule has 0 bridgehead atoms. The van der Waals surface area contributed by atoms with Crippen molar-refractivity contribution in [2.75, 3.05) is 18.4 Å². The zero-order valence-corrected chi connectivity index (χ0v) is 17.6. The summed E-state index contributed by atoms with van der Waals surface area (Å²) >= 11 is 0. The lowest BCUT2D eigenvalue weighted by molar-refractivity contribution is -0.117. The molecule has 1 aromatic carbocycles. The Kier molecular flexibility index (Phi) is 6.07. The molecule has 1 aliphatic carbocycles. The van der Waals surface area contributed by atoms with Crippen molar-refractivity contribution in [1.82, 2.24) is 10.1 Å². The molecule has 156 valence electrons. The number of aromatic nitrogens is 1. The van der Waals surface area contributed by atoms with E-state index in [9.17, 15) is 9.59 Å². The van der Waals surface area contributed by atoms with Crippen molar-refractivity contribution in [2.24, 2.45) is 17.1 Å². The molecule has 1 heterocycles. The summed E-state index contributed by atoms with van der Waals surface area (Å²) in [7, 11) is 0. The Morgan fingerprint density at radius 3 is 2.41 bits per heavy atom. The van der Waals surface area contributed by atoms with Crippen LogP contribution in [0.4, 0.5) is 5.69 Å². The van der Waals surface area contributed by atoms with Gasteiger partial charge in [0.15, 0.2) is 0 Å². The number of nitrogens with two attached hydrogens (primary N) is 1. The van der Waals surface area contributed by atoms with Gasteiger partial charge in [-0.05, 0) is 56.3 Å². The first kappa shape index (κ1) is 21.0. The third kappa shape index (κ3) is 5.23. The maximum absolute atomic E-state index is 13.3. The summed E-state index contributed by atoms with van der Waals surface area (Å²) < 4.78 is 5.19. The minimum Gasteiger partial charge on any atom is -0.361 e. The van der Waals surface area contributed by atoms with E-state index >= 15 is 0 Å². The summed E-state index contributed by atoms with van der Waals surface area (Å²) in [5.74, 6) is 0.643. The van der Waals surface area contributed by atoms with Crippen LogP contribution in [0.25, 0.3) is 0 Å². The molecular formula is C22H30N4O3. The van der Waals surface area contributed by atoms with Crippen molar-refractivity contribution in [3.05, 3.63) is 46.8 Å². The monoisotopic (exact) mass is 398 g/mol. The highest BCUT2D eigenvalue weighted by atomic mass is 16.5. The van der Waals surface area contributed by atoms with E-state index in [1.165, 1.54) is 0 Å². The number of benzene rings is 1. The first-order chi connectivity index (χ1) is 13.7. The number of anilines is 1. The lowest BCUT2D eigenvalue weighted by Crippen LogP contribution is -2.42. The summed E-state index contributed by atoms with van der Waals surface area (Å²) in [5.41, 5.74) is 8.52. The van der Waals surface area contributed by atoms with E-state index in [2.05, 4.69) is 10.5 Å². The van der Waals surface area contributed by atoms with Crippen molar-refractivity contribution in [3.8, 4) is 0 Å². The number of hydrogen-bond donors (Lipinski definition) is 2. The molecule has 0 aliphatic heterocycles. The normalized spacial score (nSPS) is 14.0. The molecule has 0 atom stereocenters. The molecule has 2 amide bonds. The second-order valence-electron chi connectivity index (χ2n) is 8.69. The third-order valence-electron chi connectivity index (χ3n) is 5.25. The van der Waals surface area contributed by atoms with Crippen molar-refractivity contribution >= 4 is 17.5 Å². The van der Waals surface area contributed by atoms with Gasteiger partial charge in [-0.2, -0.15) is 0 Å². The summed E-state index contributed by atoms with van der Waals surface area (Å²) in [4.78, 5) is 27.0. The Hall–Kier alpha value is -2.67. The van der Waals surface area contributed by atoms with Gasteiger partial charge in [-0.25, -0.2) is 0 Å². The predicted octanol–water partition coefficient (Wildman–Crippen LogP) is 3.27. The Labute approximate surface area is 171 Å². The van der Waals surface area contributed by atoms with E-state index in [4.69, 9.17) is 10.3 Å². The first-order valence-electron chi connectivity index (χ1n) is 10.0. The number of amides is 2.